The quantitative estimate of drug-likeness (QED) is 0.428. The van der Waals surface area contributed by atoms with Crippen LogP contribution in [0, 0.1) is 0 Å². The van der Waals surface area contributed by atoms with E-state index in [1.165, 1.54) is 19.3 Å². The Labute approximate surface area is 130 Å². The van der Waals surface area contributed by atoms with Crippen LogP contribution in [0.15, 0.2) is 18.2 Å². The van der Waals surface area contributed by atoms with E-state index < -0.39 is 0 Å². The summed E-state index contributed by atoms with van der Waals surface area (Å²) in [6.07, 6.45) is 5.45. The molecule has 0 aliphatic heterocycles. The molecule has 4 heteroatoms. The summed E-state index contributed by atoms with van der Waals surface area (Å²) in [6, 6.07) is 5.07. The van der Waals surface area contributed by atoms with E-state index in [0.717, 1.165) is 12.7 Å². The number of ether oxygens (including phenoxy) is 1. The van der Waals surface area contributed by atoms with Crippen LogP contribution in [0.1, 0.15) is 43.0 Å². The van der Waals surface area contributed by atoms with Crippen molar-refractivity contribution in [1.82, 2.24) is 0 Å². The Bertz CT molecular complexity index is 342. The van der Waals surface area contributed by atoms with Crippen LogP contribution in [0.2, 0.25) is 5.02 Å². The fraction of sp³-hybridized carbons (Fsp3) is 0.462. The molecule has 0 heterocycles. The van der Waals surface area contributed by atoms with E-state index in [4.69, 9.17) is 16.3 Å². The molecule has 1 aromatic carbocycles. The molecule has 0 amide bonds. The molecular formula is C13H18ClNaO2. The normalized spacial score (nSPS) is 9.53. The van der Waals surface area contributed by atoms with E-state index in [1.54, 1.807) is 18.2 Å². The van der Waals surface area contributed by atoms with Gasteiger partial charge in [-0.05, 0) is 24.6 Å². The first-order valence-electron chi connectivity index (χ1n) is 5.65. The molecule has 0 bridgehead atoms. The van der Waals surface area contributed by atoms with E-state index in [2.05, 4.69) is 6.92 Å². The van der Waals surface area contributed by atoms with Gasteiger partial charge in [-0.3, -0.25) is 4.79 Å². The van der Waals surface area contributed by atoms with Crippen molar-refractivity contribution in [3.63, 3.8) is 0 Å². The Morgan fingerprint density at radius 3 is 2.65 bits per heavy atom. The number of aldehydes is 1. The number of benzene rings is 1. The summed E-state index contributed by atoms with van der Waals surface area (Å²) in [5.41, 5.74) is 0.573. The summed E-state index contributed by atoms with van der Waals surface area (Å²) in [6.45, 7) is 2.86. The van der Waals surface area contributed by atoms with E-state index in [9.17, 15) is 4.79 Å². The first-order valence-corrected chi connectivity index (χ1v) is 6.03. The molecule has 0 aromatic heterocycles. The van der Waals surface area contributed by atoms with E-state index in [1.807, 2.05) is 0 Å². The first kappa shape index (κ1) is 17.0. The molecule has 0 fully saturated rings. The van der Waals surface area contributed by atoms with Crippen molar-refractivity contribution >= 4 is 47.4 Å². The Hall–Kier alpha value is -0.0200. The van der Waals surface area contributed by atoms with Crippen LogP contribution in [-0.4, -0.2) is 42.5 Å². The van der Waals surface area contributed by atoms with Gasteiger partial charge >= 0.3 is 29.6 Å². The van der Waals surface area contributed by atoms with Crippen molar-refractivity contribution in [2.75, 3.05) is 6.61 Å². The van der Waals surface area contributed by atoms with Crippen LogP contribution in [-0.2, 0) is 0 Å². The fourth-order valence-corrected chi connectivity index (χ4v) is 1.66. The van der Waals surface area contributed by atoms with Gasteiger partial charge in [0.05, 0.1) is 11.6 Å². The third-order valence-electron chi connectivity index (χ3n) is 2.35. The zero-order valence-electron chi connectivity index (χ0n) is 9.54. The Morgan fingerprint density at radius 1 is 1.29 bits per heavy atom. The summed E-state index contributed by atoms with van der Waals surface area (Å²) < 4.78 is 5.53. The predicted molar refractivity (Wildman–Crippen MR) is 73.6 cm³/mol. The third-order valence-corrected chi connectivity index (χ3v) is 2.64. The van der Waals surface area contributed by atoms with E-state index >= 15 is 0 Å². The standard InChI is InChI=1S/C13H17ClO2.Na.H/c1-2-3-4-5-8-16-13-7-6-11(10-15)9-12(13)14;;/h6-7,9-10H,2-5,8H2,1H3;;. The van der Waals surface area contributed by atoms with Gasteiger partial charge in [0.15, 0.2) is 0 Å². The summed E-state index contributed by atoms with van der Waals surface area (Å²) in [4.78, 5) is 10.5. The van der Waals surface area contributed by atoms with Crippen molar-refractivity contribution < 1.29 is 9.53 Å². The molecular weight excluding hydrogens is 247 g/mol. The second-order valence-electron chi connectivity index (χ2n) is 3.72. The molecule has 0 aliphatic rings. The van der Waals surface area contributed by atoms with Crippen LogP contribution < -0.4 is 4.74 Å². The number of unbranched alkanes of at least 4 members (excludes halogenated alkanes) is 3. The van der Waals surface area contributed by atoms with Crippen LogP contribution in [0.3, 0.4) is 0 Å². The molecule has 2 nitrogen and oxygen atoms in total. The number of hydrogen-bond donors (Lipinski definition) is 0. The minimum absolute atomic E-state index is 0. The summed E-state index contributed by atoms with van der Waals surface area (Å²) in [7, 11) is 0. The number of halogens is 1. The Morgan fingerprint density at radius 2 is 2.06 bits per heavy atom. The van der Waals surface area contributed by atoms with Crippen molar-refractivity contribution in [3.8, 4) is 5.75 Å². The number of carbonyl (C=O) groups is 1. The molecule has 1 aromatic rings. The molecule has 0 unspecified atom stereocenters. The second kappa shape index (κ2) is 9.95. The monoisotopic (exact) mass is 264 g/mol. The minimum atomic E-state index is 0. The first-order chi connectivity index (χ1) is 7.77. The van der Waals surface area contributed by atoms with Gasteiger partial charge in [-0.25, -0.2) is 0 Å². The summed E-state index contributed by atoms with van der Waals surface area (Å²) >= 11 is 5.96. The number of hydrogen-bond acceptors (Lipinski definition) is 2. The van der Waals surface area contributed by atoms with Crippen molar-refractivity contribution in [2.45, 2.75) is 32.6 Å². The van der Waals surface area contributed by atoms with Crippen LogP contribution in [0.5, 0.6) is 5.75 Å². The molecule has 1 rings (SSSR count). The molecule has 0 spiro atoms. The molecule has 17 heavy (non-hydrogen) atoms. The summed E-state index contributed by atoms with van der Waals surface area (Å²) in [5.74, 6) is 0.656. The zero-order chi connectivity index (χ0) is 11.8. The molecule has 0 N–H and O–H groups in total. The maximum absolute atomic E-state index is 10.5. The van der Waals surface area contributed by atoms with Crippen molar-refractivity contribution in [3.05, 3.63) is 28.8 Å². The van der Waals surface area contributed by atoms with Crippen LogP contribution in [0.4, 0.5) is 0 Å². The molecule has 0 saturated carbocycles. The van der Waals surface area contributed by atoms with Gasteiger partial charge in [-0.15, -0.1) is 0 Å². The van der Waals surface area contributed by atoms with Gasteiger partial charge in [-0.1, -0.05) is 37.8 Å². The number of rotatable bonds is 7. The maximum atomic E-state index is 10.5. The van der Waals surface area contributed by atoms with Crippen molar-refractivity contribution in [2.24, 2.45) is 0 Å². The fourth-order valence-electron chi connectivity index (χ4n) is 1.42. The Balaban J connectivity index is 0.00000256. The van der Waals surface area contributed by atoms with Gasteiger partial charge in [0.25, 0.3) is 0 Å². The SMILES string of the molecule is CCCCCCOc1ccc(C=O)cc1Cl.[NaH]. The van der Waals surface area contributed by atoms with Gasteiger partial charge in [0, 0.05) is 5.56 Å². The molecule has 0 aliphatic carbocycles. The van der Waals surface area contributed by atoms with Crippen LogP contribution >= 0.6 is 11.6 Å². The number of carbonyl (C=O) groups excluding carboxylic acids is 1. The summed E-state index contributed by atoms with van der Waals surface area (Å²) in [5, 5.41) is 0.500. The Kier molecular flexibility index (Phi) is 9.94. The molecule has 0 saturated heterocycles. The van der Waals surface area contributed by atoms with Gasteiger partial charge in [0.2, 0.25) is 0 Å². The van der Waals surface area contributed by atoms with Crippen molar-refractivity contribution in [1.29, 1.82) is 0 Å². The average molecular weight is 265 g/mol. The molecule has 0 atom stereocenters. The predicted octanol–water partition coefficient (Wildman–Crippen LogP) is 3.46. The third kappa shape index (κ3) is 6.46. The second-order valence-corrected chi connectivity index (χ2v) is 4.12. The molecule has 90 valence electrons. The average Bonchev–Trinajstić information content (AvgIpc) is 2.30. The van der Waals surface area contributed by atoms with Gasteiger partial charge in [-0.2, -0.15) is 0 Å². The zero-order valence-corrected chi connectivity index (χ0v) is 10.3. The molecule has 0 radical (unpaired) electrons. The van der Waals surface area contributed by atoms with Crippen LogP contribution in [0.25, 0.3) is 0 Å². The van der Waals surface area contributed by atoms with E-state index in [-0.39, 0.29) is 29.6 Å². The topological polar surface area (TPSA) is 26.3 Å². The van der Waals surface area contributed by atoms with E-state index in [0.29, 0.717) is 22.9 Å². The van der Waals surface area contributed by atoms with Gasteiger partial charge < -0.3 is 4.74 Å². The van der Waals surface area contributed by atoms with Gasteiger partial charge in [0.1, 0.15) is 12.0 Å².